The van der Waals surface area contributed by atoms with Gasteiger partial charge in [0.25, 0.3) is 0 Å². The van der Waals surface area contributed by atoms with Crippen molar-refractivity contribution in [3.05, 3.63) is 18.1 Å². The van der Waals surface area contributed by atoms with Crippen LogP contribution in [-0.4, -0.2) is 42.1 Å². The van der Waals surface area contributed by atoms with Crippen LogP contribution in [0.4, 0.5) is 5.82 Å². The maximum absolute atomic E-state index is 7.28. The first-order valence-corrected chi connectivity index (χ1v) is 6.06. The lowest BCUT2D eigenvalue weighted by Gasteiger charge is -2.36. The van der Waals surface area contributed by atoms with Crippen LogP contribution in [-0.2, 0) is 4.74 Å². The molecule has 1 fully saturated rings. The average molecular weight is 249 g/mol. The Morgan fingerprint density at radius 1 is 1.50 bits per heavy atom. The van der Waals surface area contributed by atoms with Gasteiger partial charge in [-0.2, -0.15) is 0 Å². The van der Waals surface area contributed by atoms with Crippen molar-refractivity contribution < 1.29 is 4.74 Å². The molecule has 3 N–H and O–H groups in total. The molecule has 6 nitrogen and oxygen atoms in total. The standard InChI is InChI=1S/C12H19N5O/c1-8-3-4-17(7-10(8)18-2)11-6-15-9(5-16-11)12(13)14/h5-6,8,10H,3-4,7H2,1-2H3,(H3,13,14). The Kier molecular flexibility index (Phi) is 3.76. The fourth-order valence-electron chi connectivity index (χ4n) is 2.17. The van der Waals surface area contributed by atoms with E-state index in [0.717, 1.165) is 25.3 Å². The largest absolute Gasteiger partial charge is 0.382 e. The highest BCUT2D eigenvalue weighted by atomic mass is 16.5. The second-order valence-corrected chi connectivity index (χ2v) is 4.66. The van der Waals surface area contributed by atoms with E-state index in [1.54, 1.807) is 13.3 Å². The number of ether oxygens (including phenoxy) is 1. The lowest BCUT2D eigenvalue weighted by molar-refractivity contribution is 0.0496. The van der Waals surface area contributed by atoms with E-state index in [1.807, 2.05) is 0 Å². The molecule has 1 aromatic rings. The first kappa shape index (κ1) is 12.8. The smallest absolute Gasteiger partial charge is 0.147 e. The maximum atomic E-state index is 7.28. The van der Waals surface area contributed by atoms with Gasteiger partial charge in [0.15, 0.2) is 0 Å². The number of amidine groups is 1. The molecule has 98 valence electrons. The van der Waals surface area contributed by atoms with Crippen molar-refractivity contribution in [1.82, 2.24) is 9.97 Å². The molecule has 18 heavy (non-hydrogen) atoms. The normalized spacial score (nSPS) is 24.0. The van der Waals surface area contributed by atoms with Gasteiger partial charge in [-0.05, 0) is 12.3 Å². The van der Waals surface area contributed by atoms with E-state index in [-0.39, 0.29) is 11.9 Å². The van der Waals surface area contributed by atoms with E-state index in [9.17, 15) is 0 Å². The minimum Gasteiger partial charge on any atom is -0.382 e. The van der Waals surface area contributed by atoms with Crippen LogP contribution in [0.5, 0.6) is 0 Å². The molecule has 0 aliphatic carbocycles. The number of piperidine rings is 1. The summed E-state index contributed by atoms with van der Waals surface area (Å²) in [6.45, 7) is 3.98. The van der Waals surface area contributed by atoms with Crippen molar-refractivity contribution in [2.24, 2.45) is 11.7 Å². The first-order valence-electron chi connectivity index (χ1n) is 6.06. The van der Waals surface area contributed by atoms with Gasteiger partial charge in [-0.3, -0.25) is 5.41 Å². The van der Waals surface area contributed by atoms with Crippen LogP contribution in [0.1, 0.15) is 19.0 Å². The highest BCUT2D eigenvalue weighted by Crippen LogP contribution is 2.22. The fraction of sp³-hybridized carbons (Fsp3) is 0.583. The molecule has 1 aliphatic heterocycles. The Bertz CT molecular complexity index is 419. The second kappa shape index (κ2) is 5.30. The molecule has 0 saturated carbocycles. The van der Waals surface area contributed by atoms with Crippen molar-refractivity contribution in [2.75, 3.05) is 25.1 Å². The lowest BCUT2D eigenvalue weighted by atomic mass is 9.96. The Labute approximate surface area is 107 Å². The number of methoxy groups -OCH3 is 1. The summed E-state index contributed by atoms with van der Waals surface area (Å²) in [6.07, 6.45) is 4.51. The number of hydrogen-bond acceptors (Lipinski definition) is 5. The van der Waals surface area contributed by atoms with E-state index in [0.29, 0.717) is 11.6 Å². The SMILES string of the molecule is COC1CN(c2cnc(C(=N)N)cn2)CCC1C. The maximum Gasteiger partial charge on any atom is 0.147 e. The van der Waals surface area contributed by atoms with Gasteiger partial charge in [0.1, 0.15) is 17.3 Å². The molecular formula is C12H19N5O. The quantitative estimate of drug-likeness (QED) is 0.605. The molecule has 2 unspecified atom stereocenters. The number of nitrogens with zero attached hydrogens (tertiary/aromatic N) is 3. The summed E-state index contributed by atoms with van der Waals surface area (Å²) in [5.41, 5.74) is 5.76. The Balaban J connectivity index is 2.09. The third-order valence-electron chi connectivity index (χ3n) is 3.43. The van der Waals surface area contributed by atoms with E-state index in [4.69, 9.17) is 15.9 Å². The average Bonchev–Trinajstić information content (AvgIpc) is 2.39. The van der Waals surface area contributed by atoms with Crippen molar-refractivity contribution in [2.45, 2.75) is 19.4 Å². The van der Waals surface area contributed by atoms with Gasteiger partial charge in [0, 0.05) is 20.2 Å². The van der Waals surface area contributed by atoms with Crippen molar-refractivity contribution >= 4 is 11.7 Å². The number of aromatic nitrogens is 2. The zero-order valence-electron chi connectivity index (χ0n) is 10.8. The third-order valence-corrected chi connectivity index (χ3v) is 3.43. The number of nitrogens with two attached hydrogens (primary N) is 1. The van der Waals surface area contributed by atoms with Gasteiger partial charge in [-0.1, -0.05) is 6.92 Å². The van der Waals surface area contributed by atoms with E-state index in [2.05, 4.69) is 21.8 Å². The molecular weight excluding hydrogens is 230 g/mol. The summed E-state index contributed by atoms with van der Waals surface area (Å²) in [6, 6.07) is 0. The minimum absolute atomic E-state index is 0.0592. The second-order valence-electron chi connectivity index (χ2n) is 4.66. The molecule has 0 radical (unpaired) electrons. The van der Waals surface area contributed by atoms with Gasteiger partial charge in [0.2, 0.25) is 0 Å². The lowest BCUT2D eigenvalue weighted by Crippen LogP contribution is -2.44. The van der Waals surface area contributed by atoms with Crippen molar-refractivity contribution in [3.63, 3.8) is 0 Å². The highest BCUT2D eigenvalue weighted by Gasteiger charge is 2.26. The third kappa shape index (κ3) is 2.59. The summed E-state index contributed by atoms with van der Waals surface area (Å²) in [4.78, 5) is 10.6. The molecule has 1 aromatic heterocycles. The Morgan fingerprint density at radius 2 is 2.28 bits per heavy atom. The summed E-state index contributed by atoms with van der Waals surface area (Å²) >= 11 is 0. The van der Waals surface area contributed by atoms with Crippen LogP contribution < -0.4 is 10.6 Å². The molecule has 2 heterocycles. The Hall–Kier alpha value is -1.69. The van der Waals surface area contributed by atoms with Crippen molar-refractivity contribution in [1.29, 1.82) is 5.41 Å². The first-order chi connectivity index (χ1) is 8.61. The number of nitrogens with one attached hydrogen (secondary N) is 1. The van der Waals surface area contributed by atoms with Gasteiger partial charge < -0.3 is 15.4 Å². The zero-order valence-corrected chi connectivity index (χ0v) is 10.8. The number of hydrogen-bond donors (Lipinski definition) is 2. The summed E-state index contributed by atoms with van der Waals surface area (Å²) in [5.74, 6) is 1.32. The van der Waals surface area contributed by atoms with Gasteiger partial charge in [0.05, 0.1) is 18.5 Å². The van der Waals surface area contributed by atoms with Crippen LogP contribution in [0.3, 0.4) is 0 Å². The van der Waals surface area contributed by atoms with E-state index in [1.165, 1.54) is 6.20 Å². The number of rotatable bonds is 3. The predicted molar refractivity (Wildman–Crippen MR) is 69.8 cm³/mol. The topological polar surface area (TPSA) is 88.1 Å². The van der Waals surface area contributed by atoms with Crippen LogP contribution in [0.2, 0.25) is 0 Å². The molecule has 0 aromatic carbocycles. The van der Waals surface area contributed by atoms with Gasteiger partial charge in [-0.25, -0.2) is 9.97 Å². The summed E-state index contributed by atoms with van der Waals surface area (Å²) < 4.78 is 5.47. The molecule has 6 heteroatoms. The molecule has 0 spiro atoms. The summed E-state index contributed by atoms with van der Waals surface area (Å²) in [5, 5.41) is 7.28. The van der Waals surface area contributed by atoms with Crippen LogP contribution in [0.15, 0.2) is 12.4 Å². The molecule has 2 rings (SSSR count). The van der Waals surface area contributed by atoms with Crippen LogP contribution >= 0.6 is 0 Å². The Morgan fingerprint density at radius 3 is 2.83 bits per heavy atom. The molecule has 0 bridgehead atoms. The van der Waals surface area contributed by atoms with Gasteiger partial charge in [-0.15, -0.1) is 0 Å². The van der Waals surface area contributed by atoms with Crippen LogP contribution in [0.25, 0.3) is 0 Å². The van der Waals surface area contributed by atoms with Gasteiger partial charge >= 0.3 is 0 Å². The van der Waals surface area contributed by atoms with Crippen molar-refractivity contribution in [3.8, 4) is 0 Å². The number of anilines is 1. The highest BCUT2D eigenvalue weighted by molar-refractivity contribution is 5.92. The predicted octanol–water partition coefficient (Wildman–Crippen LogP) is 0.622. The zero-order chi connectivity index (χ0) is 13.1. The van der Waals surface area contributed by atoms with E-state index >= 15 is 0 Å². The molecule has 1 saturated heterocycles. The van der Waals surface area contributed by atoms with Crippen LogP contribution in [0, 0.1) is 11.3 Å². The number of nitrogen functional groups attached to an aromatic ring is 1. The summed E-state index contributed by atoms with van der Waals surface area (Å²) in [7, 11) is 1.75. The van der Waals surface area contributed by atoms with E-state index < -0.39 is 0 Å². The molecule has 1 aliphatic rings. The monoisotopic (exact) mass is 249 g/mol. The molecule has 2 atom stereocenters. The minimum atomic E-state index is -0.0592. The molecule has 0 amide bonds. The fourth-order valence-corrected chi connectivity index (χ4v) is 2.17.